The molecule has 1 aliphatic heterocycles. The Morgan fingerprint density at radius 3 is 2.48 bits per heavy atom. The van der Waals surface area contributed by atoms with Gasteiger partial charge in [-0.1, -0.05) is 26.2 Å². The van der Waals surface area contributed by atoms with Gasteiger partial charge >= 0.3 is 0 Å². The van der Waals surface area contributed by atoms with E-state index >= 15 is 0 Å². The standard InChI is InChI=1S/C15H26N2O3S/c1-3-12-14(18)16-13(11-7-5-4-6-8-11)15(19)17(12)9-10-21(2)20/h11-13H,3-10H2,1-2H3,(H,16,18). The molecule has 1 aliphatic carbocycles. The molecule has 2 rings (SSSR count). The van der Waals surface area contributed by atoms with Crippen molar-refractivity contribution in [2.45, 2.75) is 57.5 Å². The van der Waals surface area contributed by atoms with Gasteiger partial charge in [0.05, 0.1) is 0 Å². The highest BCUT2D eigenvalue weighted by molar-refractivity contribution is 7.84. The van der Waals surface area contributed by atoms with Crippen LogP contribution in [-0.4, -0.2) is 51.6 Å². The average molecular weight is 314 g/mol. The van der Waals surface area contributed by atoms with Crippen molar-refractivity contribution in [3.05, 3.63) is 0 Å². The summed E-state index contributed by atoms with van der Waals surface area (Å²) in [6.07, 6.45) is 7.77. The second kappa shape index (κ2) is 7.38. The zero-order chi connectivity index (χ0) is 15.4. The van der Waals surface area contributed by atoms with Crippen LogP contribution in [0, 0.1) is 5.92 Å². The van der Waals surface area contributed by atoms with Gasteiger partial charge in [-0.05, 0) is 25.2 Å². The Hall–Kier alpha value is -0.910. The van der Waals surface area contributed by atoms with Crippen molar-refractivity contribution in [1.82, 2.24) is 10.2 Å². The van der Waals surface area contributed by atoms with Crippen molar-refractivity contribution in [3.8, 4) is 0 Å². The predicted octanol–water partition coefficient (Wildman–Crippen LogP) is 1.05. The maximum atomic E-state index is 12.8. The minimum Gasteiger partial charge on any atom is -0.342 e. The zero-order valence-corrected chi connectivity index (χ0v) is 13.8. The molecule has 0 aromatic heterocycles. The van der Waals surface area contributed by atoms with Crippen LogP contribution in [0.15, 0.2) is 0 Å². The zero-order valence-electron chi connectivity index (χ0n) is 13.0. The molecule has 2 fully saturated rings. The van der Waals surface area contributed by atoms with E-state index in [1.54, 1.807) is 11.2 Å². The normalized spacial score (nSPS) is 29.3. The number of hydrogen-bond donors (Lipinski definition) is 1. The number of hydrogen-bond acceptors (Lipinski definition) is 3. The number of nitrogens with zero attached hydrogens (tertiary/aromatic N) is 1. The molecule has 1 saturated carbocycles. The number of piperazine rings is 1. The quantitative estimate of drug-likeness (QED) is 0.825. The molecule has 0 aromatic carbocycles. The maximum Gasteiger partial charge on any atom is 0.246 e. The molecule has 3 unspecified atom stereocenters. The van der Waals surface area contributed by atoms with Gasteiger partial charge in [0.1, 0.15) is 12.1 Å². The van der Waals surface area contributed by atoms with Crippen molar-refractivity contribution in [3.63, 3.8) is 0 Å². The molecule has 3 atom stereocenters. The fraction of sp³-hybridized carbons (Fsp3) is 0.867. The highest BCUT2D eigenvalue weighted by atomic mass is 32.2. The smallest absolute Gasteiger partial charge is 0.246 e. The van der Waals surface area contributed by atoms with Gasteiger partial charge in [0.25, 0.3) is 0 Å². The van der Waals surface area contributed by atoms with Gasteiger partial charge < -0.3 is 10.2 Å². The lowest BCUT2D eigenvalue weighted by molar-refractivity contribution is -0.151. The first-order chi connectivity index (χ1) is 10.0. The lowest BCUT2D eigenvalue weighted by Gasteiger charge is -2.42. The van der Waals surface area contributed by atoms with Crippen LogP contribution in [0.2, 0.25) is 0 Å². The van der Waals surface area contributed by atoms with Crippen LogP contribution in [-0.2, 0) is 20.4 Å². The van der Waals surface area contributed by atoms with Crippen LogP contribution < -0.4 is 5.32 Å². The van der Waals surface area contributed by atoms with E-state index in [2.05, 4.69) is 5.32 Å². The molecular formula is C15H26N2O3S. The summed E-state index contributed by atoms with van der Waals surface area (Å²) in [6, 6.07) is -0.771. The summed E-state index contributed by atoms with van der Waals surface area (Å²) in [4.78, 5) is 26.7. The summed E-state index contributed by atoms with van der Waals surface area (Å²) >= 11 is 0. The predicted molar refractivity (Wildman–Crippen MR) is 83.2 cm³/mol. The van der Waals surface area contributed by atoms with Crippen molar-refractivity contribution < 1.29 is 13.8 Å². The second-order valence-electron chi connectivity index (χ2n) is 6.12. The maximum absolute atomic E-state index is 12.8. The molecule has 1 heterocycles. The van der Waals surface area contributed by atoms with E-state index < -0.39 is 16.8 Å². The van der Waals surface area contributed by atoms with Crippen LogP contribution >= 0.6 is 0 Å². The summed E-state index contributed by atoms with van der Waals surface area (Å²) in [5, 5.41) is 2.95. The fourth-order valence-electron chi connectivity index (χ4n) is 3.47. The summed E-state index contributed by atoms with van der Waals surface area (Å²) in [5.74, 6) is 0.684. The van der Waals surface area contributed by atoms with E-state index in [0.29, 0.717) is 18.7 Å². The average Bonchev–Trinajstić information content (AvgIpc) is 2.48. The number of rotatable bonds is 5. The molecule has 1 N–H and O–H groups in total. The van der Waals surface area contributed by atoms with Crippen LogP contribution in [0.25, 0.3) is 0 Å². The molecule has 0 radical (unpaired) electrons. The first-order valence-corrected chi connectivity index (χ1v) is 9.68. The van der Waals surface area contributed by atoms with E-state index in [9.17, 15) is 13.8 Å². The highest BCUT2D eigenvalue weighted by Gasteiger charge is 2.42. The molecule has 2 aliphatic rings. The van der Waals surface area contributed by atoms with Gasteiger partial charge in [-0.25, -0.2) is 0 Å². The van der Waals surface area contributed by atoms with E-state index in [4.69, 9.17) is 0 Å². The molecule has 5 nitrogen and oxygen atoms in total. The first kappa shape index (κ1) is 16.5. The highest BCUT2D eigenvalue weighted by Crippen LogP contribution is 2.29. The van der Waals surface area contributed by atoms with Gasteiger partial charge in [-0.3, -0.25) is 13.8 Å². The molecule has 2 amide bonds. The summed E-state index contributed by atoms with van der Waals surface area (Å²) in [6.45, 7) is 2.32. The summed E-state index contributed by atoms with van der Waals surface area (Å²) in [7, 11) is -0.952. The Morgan fingerprint density at radius 1 is 1.24 bits per heavy atom. The molecular weight excluding hydrogens is 288 g/mol. The number of amides is 2. The minimum atomic E-state index is -0.952. The van der Waals surface area contributed by atoms with Crippen molar-refractivity contribution in [1.29, 1.82) is 0 Å². The number of nitrogens with one attached hydrogen (secondary N) is 1. The van der Waals surface area contributed by atoms with Crippen molar-refractivity contribution in [2.24, 2.45) is 5.92 Å². The van der Waals surface area contributed by atoms with E-state index in [1.807, 2.05) is 6.92 Å². The third-order valence-corrected chi connectivity index (χ3v) is 5.41. The Kier molecular flexibility index (Phi) is 5.79. The largest absolute Gasteiger partial charge is 0.342 e. The fourth-order valence-corrected chi connectivity index (χ4v) is 3.92. The third kappa shape index (κ3) is 3.84. The van der Waals surface area contributed by atoms with Gasteiger partial charge in [-0.15, -0.1) is 0 Å². The third-order valence-electron chi connectivity index (χ3n) is 4.65. The number of carbonyl (C=O) groups is 2. The molecule has 0 spiro atoms. The molecule has 120 valence electrons. The Bertz CT molecular complexity index is 421. The van der Waals surface area contributed by atoms with E-state index in [0.717, 1.165) is 25.7 Å². The molecule has 6 heteroatoms. The number of carbonyl (C=O) groups excluding carboxylic acids is 2. The van der Waals surface area contributed by atoms with Gasteiger partial charge in [0, 0.05) is 29.4 Å². The van der Waals surface area contributed by atoms with Crippen molar-refractivity contribution >= 4 is 22.6 Å². The monoisotopic (exact) mass is 314 g/mol. The molecule has 1 saturated heterocycles. The summed E-state index contributed by atoms with van der Waals surface area (Å²) in [5.41, 5.74) is 0. The van der Waals surface area contributed by atoms with Gasteiger partial charge in [0.2, 0.25) is 11.8 Å². The van der Waals surface area contributed by atoms with Crippen LogP contribution in [0.3, 0.4) is 0 Å². The van der Waals surface area contributed by atoms with Gasteiger partial charge in [0.15, 0.2) is 0 Å². The summed E-state index contributed by atoms with van der Waals surface area (Å²) < 4.78 is 11.3. The minimum absolute atomic E-state index is 0.0267. The molecule has 0 bridgehead atoms. The van der Waals surface area contributed by atoms with Gasteiger partial charge in [-0.2, -0.15) is 0 Å². The lowest BCUT2D eigenvalue weighted by Crippen LogP contribution is -2.65. The topological polar surface area (TPSA) is 66.5 Å². The van der Waals surface area contributed by atoms with Crippen LogP contribution in [0.5, 0.6) is 0 Å². The van der Waals surface area contributed by atoms with Crippen molar-refractivity contribution in [2.75, 3.05) is 18.6 Å². The lowest BCUT2D eigenvalue weighted by atomic mass is 9.82. The SMILES string of the molecule is CCC1C(=O)NC(C2CCCCC2)C(=O)N1CCS(C)=O. The first-order valence-electron chi connectivity index (χ1n) is 7.95. The van der Waals surface area contributed by atoms with E-state index in [1.165, 1.54) is 6.42 Å². The molecule has 21 heavy (non-hydrogen) atoms. The van der Waals surface area contributed by atoms with E-state index in [-0.39, 0.29) is 23.8 Å². The second-order valence-corrected chi connectivity index (χ2v) is 7.67. The Labute approximate surface area is 129 Å². The molecule has 0 aromatic rings. The Morgan fingerprint density at radius 2 is 1.90 bits per heavy atom. The Balaban J connectivity index is 2.12. The van der Waals surface area contributed by atoms with Crippen LogP contribution in [0.4, 0.5) is 0 Å². The van der Waals surface area contributed by atoms with Crippen LogP contribution in [0.1, 0.15) is 45.4 Å².